The zero-order valence-electron chi connectivity index (χ0n) is 10.3. The molecule has 16 heavy (non-hydrogen) atoms. The number of rotatable bonds is 4. The summed E-state index contributed by atoms with van der Waals surface area (Å²) in [7, 11) is 1.97. The van der Waals surface area contributed by atoms with Crippen molar-refractivity contribution in [2.75, 3.05) is 24.2 Å². The Kier molecular flexibility index (Phi) is 4.35. The normalized spacial score (nSPS) is 10.9. The van der Waals surface area contributed by atoms with Crippen LogP contribution in [0.4, 0.5) is 11.5 Å². The number of anilines is 2. The largest absolute Gasteiger partial charge is 0.394 e. The summed E-state index contributed by atoms with van der Waals surface area (Å²) in [6.45, 7) is 7.13. The molecular formula is C11H19ClN4. The summed E-state index contributed by atoms with van der Waals surface area (Å²) in [6, 6.07) is 0. The van der Waals surface area contributed by atoms with Gasteiger partial charge >= 0.3 is 0 Å². The second kappa shape index (κ2) is 5.34. The minimum Gasteiger partial charge on any atom is -0.394 e. The lowest BCUT2D eigenvalue weighted by Crippen LogP contribution is -2.23. The van der Waals surface area contributed by atoms with E-state index < -0.39 is 0 Å². The predicted octanol–water partition coefficient (Wildman–Crippen LogP) is 2.50. The van der Waals surface area contributed by atoms with Crippen LogP contribution in [0.2, 0.25) is 5.28 Å². The number of nitrogens with two attached hydrogens (primary N) is 1. The number of nitrogen functional groups attached to an aromatic ring is 1. The van der Waals surface area contributed by atoms with Gasteiger partial charge in [-0.2, -0.15) is 4.98 Å². The summed E-state index contributed by atoms with van der Waals surface area (Å²) in [4.78, 5) is 10.2. The number of aryl methyl sites for hydroxylation is 1. The number of halogens is 1. The van der Waals surface area contributed by atoms with Crippen LogP contribution < -0.4 is 10.6 Å². The van der Waals surface area contributed by atoms with Crippen molar-refractivity contribution in [3.05, 3.63) is 11.0 Å². The van der Waals surface area contributed by atoms with E-state index in [4.69, 9.17) is 17.3 Å². The lowest BCUT2D eigenvalue weighted by atomic mass is 10.1. The van der Waals surface area contributed by atoms with Gasteiger partial charge in [-0.25, -0.2) is 4.98 Å². The summed E-state index contributed by atoms with van der Waals surface area (Å²) in [5, 5.41) is 0.248. The molecule has 1 aromatic rings. The van der Waals surface area contributed by atoms with Gasteiger partial charge in [0.1, 0.15) is 0 Å². The number of hydrogen-bond donors (Lipinski definition) is 1. The highest BCUT2D eigenvalue weighted by atomic mass is 35.5. The first-order valence-electron chi connectivity index (χ1n) is 5.42. The molecule has 2 N–H and O–H groups in total. The van der Waals surface area contributed by atoms with E-state index in [9.17, 15) is 0 Å². The van der Waals surface area contributed by atoms with E-state index >= 15 is 0 Å². The van der Waals surface area contributed by atoms with Crippen LogP contribution >= 0.6 is 11.6 Å². The minimum atomic E-state index is 0.248. The Bertz CT molecular complexity index is 365. The minimum absolute atomic E-state index is 0.248. The molecule has 0 fully saturated rings. The molecule has 0 spiro atoms. The summed E-state index contributed by atoms with van der Waals surface area (Å²) in [6.07, 6.45) is 1.09. The summed E-state index contributed by atoms with van der Waals surface area (Å²) >= 11 is 5.82. The lowest BCUT2D eigenvalue weighted by Gasteiger charge is -2.21. The molecule has 5 heteroatoms. The fourth-order valence-electron chi connectivity index (χ4n) is 1.38. The molecule has 0 radical (unpaired) electrons. The van der Waals surface area contributed by atoms with Crippen molar-refractivity contribution in [1.82, 2.24) is 9.97 Å². The van der Waals surface area contributed by atoms with Gasteiger partial charge in [0.25, 0.3) is 0 Å². The molecule has 1 heterocycles. The van der Waals surface area contributed by atoms with E-state index in [1.807, 2.05) is 18.9 Å². The van der Waals surface area contributed by atoms with Crippen LogP contribution in [-0.4, -0.2) is 23.6 Å². The Hall–Kier alpha value is -1.03. The predicted molar refractivity (Wildman–Crippen MR) is 68.9 cm³/mol. The third-order valence-electron chi connectivity index (χ3n) is 2.49. The zero-order chi connectivity index (χ0) is 12.3. The molecule has 90 valence electrons. The molecular weight excluding hydrogens is 224 g/mol. The molecule has 0 amide bonds. The highest BCUT2D eigenvalue weighted by Crippen LogP contribution is 2.24. The Balaban J connectivity index is 2.86. The van der Waals surface area contributed by atoms with Crippen LogP contribution in [0.15, 0.2) is 0 Å². The molecule has 4 nitrogen and oxygen atoms in total. The fourth-order valence-corrected chi connectivity index (χ4v) is 1.59. The van der Waals surface area contributed by atoms with Gasteiger partial charge in [-0.05, 0) is 30.9 Å². The van der Waals surface area contributed by atoms with Gasteiger partial charge in [0.15, 0.2) is 5.82 Å². The third kappa shape index (κ3) is 3.23. The highest BCUT2D eigenvalue weighted by Gasteiger charge is 2.12. The number of nitrogens with zero attached hydrogens (tertiary/aromatic N) is 3. The molecule has 0 bridgehead atoms. The molecule has 0 aliphatic carbocycles. The Morgan fingerprint density at radius 3 is 2.56 bits per heavy atom. The second-order valence-electron chi connectivity index (χ2n) is 4.42. The Morgan fingerprint density at radius 1 is 1.38 bits per heavy atom. The first-order valence-corrected chi connectivity index (χ1v) is 5.80. The average molecular weight is 243 g/mol. The van der Waals surface area contributed by atoms with Crippen LogP contribution in [0.1, 0.15) is 26.0 Å². The highest BCUT2D eigenvalue weighted by molar-refractivity contribution is 6.28. The Morgan fingerprint density at radius 2 is 2.00 bits per heavy atom. The quantitative estimate of drug-likeness (QED) is 0.825. The van der Waals surface area contributed by atoms with Crippen LogP contribution in [-0.2, 0) is 0 Å². The molecule has 1 aromatic heterocycles. The van der Waals surface area contributed by atoms with Crippen LogP contribution in [0.25, 0.3) is 0 Å². The van der Waals surface area contributed by atoms with Gasteiger partial charge in [-0.1, -0.05) is 13.8 Å². The van der Waals surface area contributed by atoms with Crippen molar-refractivity contribution in [2.45, 2.75) is 27.2 Å². The number of hydrogen-bond acceptors (Lipinski definition) is 4. The topological polar surface area (TPSA) is 55.0 Å². The van der Waals surface area contributed by atoms with Gasteiger partial charge in [0.2, 0.25) is 5.28 Å². The number of aromatic nitrogens is 2. The van der Waals surface area contributed by atoms with E-state index in [1.165, 1.54) is 0 Å². The van der Waals surface area contributed by atoms with E-state index in [2.05, 4.69) is 23.8 Å². The molecule has 0 atom stereocenters. The van der Waals surface area contributed by atoms with Crippen LogP contribution in [0, 0.1) is 12.8 Å². The van der Waals surface area contributed by atoms with Crippen molar-refractivity contribution in [3.63, 3.8) is 0 Å². The molecule has 0 unspecified atom stereocenters. The van der Waals surface area contributed by atoms with Crippen molar-refractivity contribution >= 4 is 23.1 Å². The maximum Gasteiger partial charge on any atom is 0.224 e. The Labute approximate surface area is 102 Å². The van der Waals surface area contributed by atoms with Gasteiger partial charge in [-0.3, -0.25) is 0 Å². The maximum atomic E-state index is 5.93. The van der Waals surface area contributed by atoms with Crippen LogP contribution in [0.5, 0.6) is 0 Å². The van der Waals surface area contributed by atoms with Gasteiger partial charge < -0.3 is 10.6 Å². The second-order valence-corrected chi connectivity index (χ2v) is 4.76. The summed E-state index contributed by atoms with van der Waals surface area (Å²) in [5.74, 6) is 1.38. The standard InChI is InChI=1S/C11H19ClN4/c1-7(2)5-6-16(4)10-9(13)8(3)14-11(12)15-10/h7H,5-6,13H2,1-4H3. The van der Waals surface area contributed by atoms with E-state index in [1.54, 1.807) is 0 Å². The first-order chi connectivity index (χ1) is 7.41. The molecule has 0 aliphatic rings. The van der Waals surface area contributed by atoms with E-state index in [0.29, 0.717) is 11.6 Å². The van der Waals surface area contributed by atoms with Gasteiger partial charge in [-0.15, -0.1) is 0 Å². The summed E-state index contributed by atoms with van der Waals surface area (Å²) in [5.41, 5.74) is 7.27. The molecule has 0 aliphatic heterocycles. The molecule has 0 saturated carbocycles. The van der Waals surface area contributed by atoms with Crippen molar-refractivity contribution in [2.24, 2.45) is 5.92 Å². The van der Waals surface area contributed by atoms with E-state index in [0.717, 1.165) is 24.5 Å². The molecule has 0 saturated heterocycles. The maximum absolute atomic E-state index is 5.93. The molecule has 0 aromatic carbocycles. The van der Waals surface area contributed by atoms with Crippen molar-refractivity contribution in [3.8, 4) is 0 Å². The average Bonchev–Trinajstić information content (AvgIpc) is 2.19. The molecule has 1 rings (SSSR count). The zero-order valence-corrected chi connectivity index (χ0v) is 11.0. The first kappa shape index (κ1) is 13.0. The van der Waals surface area contributed by atoms with Crippen molar-refractivity contribution in [1.29, 1.82) is 0 Å². The van der Waals surface area contributed by atoms with Crippen LogP contribution in [0.3, 0.4) is 0 Å². The van der Waals surface area contributed by atoms with Crippen molar-refractivity contribution < 1.29 is 0 Å². The SMILES string of the molecule is Cc1nc(Cl)nc(N(C)CCC(C)C)c1N. The fraction of sp³-hybridized carbons (Fsp3) is 0.636. The van der Waals surface area contributed by atoms with E-state index in [-0.39, 0.29) is 5.28 Å². The smallest absolute Gasteiger partial charge is 0.224 e. The van der Waals surface area contributed by atoms with Gasteiger partial charge in [0, 0.05) is 13.6 Å². The van der Waals surface area contributed by atoms with Gasteiger partial charge in [0.05, 0.1) is 11.4 Å². The third-order valence-corrected chi connectivity index (χ3v) is 2.66. The summed E-state index contributed by atoms with van der Waals surface area (Å²) < 4.78 is 0. The lowest BCUT2D eigenvalue weighted by molar-refractivity contribution is 0.583. The monoisotopic (exact) mass is 242 g/mol.